The van der Waals surface area contributed by atoms with Crippen molar-refractivity contribution in [3.63, 3.8) is 0 Å². The molecule has 2 aromatic rings. The first-order valence-corrected chi connectivity index (χ1v) is 4.33. The van der Waals surface area contributed by atoms with Gasteiger partial charge in [-0.05, 0) is 12.1 Å². The standard InChI is InChI=1S/C10H4F3NO3/c11-5-2-1-4(6(12)7(5)13)9-8(10(15)16)14-3-17-9/h1-3H,(H,15,16). The predicted octanol–water partition coefficient (Wildman–Crippen LogP) is 2.46. The summed E-state index contributed by atoms with van der Waals surface area (Å²) in [5.41, 5.74) is -1.08. The lowest BCUT2D eigenvalue weighted by atomic mass is 10.1. The van der Waals surface area contributed by atoms with Crippen molar-refractivity contribution < 1.29 is 27.5 Å². The zero-order valence-corrected chi connectivity index (χ0v) is 8.08. The normalized spacial score (nSPS) is 10.5. The summed E-state index contributed by atoms with van der Waals surface area (Å²) < 4.78 is 43.7. The number of carbonyl (C=O) groups is 1. The van der Waals surface area contributed by atoms with Crippen LogP contribution in [0.25, 0.3) is 11.3 Å². The number of hydrogen-bond donors (Lipinski definition) is 1. The Bertz CT molecular complexity index is 594. The molecule has 0 saturated heterocycles. The maximum atomic E-state index is 13.4. The summed E-state index contributed by atoms with van der Waals surface area (Å²) in [5.74, 6) is -6.52. The summed E-state index contributed by atoms with van der Waals surface area (Å²) in [4.78, 5) is 14.0. The minimum absolute atomic E-state index is 0.464. The molecule has 4 nitrogen and oxygen atoms in total. The topological polar surface area (TPSA) is 63.3 Å². The van der Waals surface area contributed by atoms with Crippen LogP contribution in [0.3, 0.4) is 0 Å². The fourth-order valence-corrected chi connectivity index (χ4v) is 1.29. The number of carboxylic acids is 1. The summed E-state index contributed by atoms with van der Waals surface area (Å²) >= 11 is 0. The predicted molar refractivity (Wildman–Crippen MR) is 48.8 cm³/mol. The summed E-state index contributed by atoms with van der Waals surface area (Å²) in [7, 11) is 0. The van der Waals surface area contributed by atoms with Gasteiger partial charge in [0.15, 0.2) is 35.3 Å². The number of hydrogen-bond acceptors (Lipinski definition) is 3. The van der Waals surface area contributed by atoms with Gasteiger partial charge < -0.3 is 9.52 Å². The molecule has 0 spiro atoms. The van der Waals surface area contributed by atoms with Crippen molar-refractivity contribution in [3.8, 4) is 11.3 Å². The van der Waals surface area contributed by atoms with Crippen LogP contribution in [0.4, 0.5) is 13.2 Å². The summed E-state index contributed by atoms with van der Waals surface area (Å²) in [6.45, 7) is 0. The van der Waals surface area contributed by atoms with Crippen molar-refractivity contribution >= 4 is 5.97 Å². The number of halogens is 3. The molecule has 0 radical (unpaired) electrons. The maximum absolute atomic E-state index is 13.4. The van der Waals surface area contributed by atoms with E-state index in [2.05, 4.69) is 9.40 Å². The number of rotatable bonds is 2. The van der Waals surface area contributed by atoms with Crippen LogP contribution >= 0.6 is 0 Å². The third-order valence-corrected chi connectivity index (χ3v) is 2.05. The van der Waals surface area contributed by atoms with Crippen molar-refractivity contribution in [3.05, 3.63) is 41.7 Å². The molecular weight excluding hydrogens is 239 g/mol. The third-order valence-electron chi connectivity index (χ3n) is 2.05. The number of benzene rings is 1. The van der Waals surface area contributed by atoms with Crippen LogP contribution in [0.5, 0.6) is 0 Å². The molecule has 2 rings (SSSR count). The zero-order chi connectivity index (χ0) is 12.6. The van der Waals surface area contributed by atoms with Crippen LogP contribution in [0.15, 0.2) is 22.9 Å². The first-order chi connectivity index (χ1) is 8.02. The van der Waals surface area contributed by atoms with Gasteiger partial charge in [0.05, 0.1) is 5.56 Å². The lowest BCUT2D eigenvalue weighted by Gasteiger charge is -2.02. The average molecular weight is 243 g/mol. The number of oxazole rings is 1. The first kappa shape index (κ1) is 11.2. The van der Waals surface area contributed by atoms with E-state index >= 15 is 0 Å². The van der Waals surface area contributed by atoms with Gasteiger partial charge in [0, 0.05) is 0 Å². The van der Waals surface area contributed by atoms with Crippen LogP contribution < -0.4 is 0 Å². The highest BCUT2D eigenvalue weighted by Gasteiger charge is 2.23. The van der Waals surface area contributed by atoms with Crippen LogP contribution in [-0.4, -0.2) is 16.1 Å². The number of aromatic carboxylic acids is 1. The van der Waals surface area contributed by atoms with Gasteiger partial charge in [0.2, 0.25) is 0 Å². The van der Waals surface area contributed by atoms with Crippen molar-refractivity contribution in [1.29, 1.82) is 0 Å². The van der Waals surface area contributed by atoms with E-state index in [0.717, 1.165) is 12.5 Å². The molecule has 17 heavy (non-hydrogen) atoms. The van der Waals surface area contributed by atoms with Crippen LogP contribution in [0.2, 0.25) is 0 Å². The molecule has 0 amide bonds. The molecule has 7 heteroatoms. The molecule has 88 valence electrons. The molecule has 0 bridgehead atoms. The first-order valence-electron chi connectivity index (χ1n) is 4.33. The third kappa shape index (κ3) is 1.75. The molecule has 0 aliphatic rings. The van der Waals surface area contributed by atoms with Gasteiger partial charge in [-0.25, -0.2) is 22.9 Å². The molecule has 0 aliphatic heterocycles. The van der Waals surface area contributed by atoms with E-state index in [0.29, 0.717) is 6.07 Å². The monoisotopic (exact) mass is 243 g/mol. The maximum Gasteiger partial charge on any atom is 0.358 e. The Hall–Kier alpha value is -2.31. The summed E-state index contributed by atoms with van der Waals surface area (Å²) in [6, 6.07) is 1.54. The van der Waals surface area contributed by atoms with Crippen molar-refractivity contribution in [2.24, 2.45) is 0 Å². The second-order valence-electron chi connectivity index (χ2n) is 3.06. The van der Waals surface area contributed by atoms with Crippen molar-refractivity contribution in [1.82, 2.24) is 4.98 Å². The SMILES string of the molecule is O=C(O)c1ncoc1-c1ccc(F)c(F)c1F. The fourth-order valence-electron chi connectivity index (χ4n) is 1.29. The summed E-state index contributed by atoms with van der Waals surface area (Å²) in [5, 5.41) is 8.72. The van der Waals surface area contributed by atoms with Crippen molar-refractivity contribution in [2.75, 3.05) is 0 Å². The van der Waals surface area contributed by atoms with Gasteiger partial charge in [0.25, 0.3) is 0 Å². The molecular formula is C10H4F3NO3. The van der Waals surface area contributed by atoms with E-state index < -0.39 is 40.4 Å². The summed E-state index contributed by atoms with van der Waals surface area (Å²) in [6.07, 6.45) is 0.777. The second kappa shape index (κ2) is 3.93. The van der Waals surface area contributed by atoms with Gasteiger partial charge in [-0.3, -0.25) is 0 Å². The molecule has 0 saturated carbocycles. The Labute approximate surface area is 92.3 Å². The molecule has 0 unspecified atom stereocenters. The molecule has 1 aromatic heterocycles. The number of carboxylic acid groups (broad SMARTS) is 1. The highest BCUT2D eigenvalue weighted by atomic mass is 19.2. The van der Waals surface area contributed by atoms with Gasteiger partial charge in [-0.1, -0.05) is 0 Å². The second-order valence-corrected chi connectivity index (χ2v) is 3.06. The Morgan fingerprint density at radius 3 is 2.59 bits per heavy atom. The molecule has 0 atom stereocenters. The Balaban J connectivity index is 2.65. The van der Waals surface area contributed by atoms with Crippen LogP contribution in [-0.2, 0) is 0 Å². The van der Waals surface area contributed by atoms with E-state index in [1.165, 1.54) is 0 Å². The number of nitrogens with zero attached hydrogens (tertiary/aromatic N) is 1. The van der Waals surface area contributed by atoms with Crippen LogP contribution in [0.1, 0.15) is 10.5 Å². The minimum Gasteiger partial charge on any atom is -0.476 e. The Morgan fingerprint density at radius 2 is 1.94 bits per heavy atom. The highest BCUT2D eigenvalue weighted by Crippen LogP contribution is 2.28. The smallest absolute Gasteiger partial charge is 0.358 e. The molecule has 0 aliphatic carbocycles. The van der Waals surface area contributed by atoms with E-state index in [4.69, 9.17) is 5.11 Å². The molecule has 1 heterocycles. The number of aromatic nitrogens is 1. The quantitative estimate of drug-likeness (QED) is 0.823. The van der Waals surface area contributed by atoms with Gasteiger partial charge >= 0.3 is 5.97 Å². The highest BCUT2D eigenvalue weighted by molar-refractivity contribution is 5.92. The lowest BCUT2D eigenvalue weighted by Crippen LogP contribution is -2.01. The Morgan fingerprint density at radius 1 is 1.24 bits per heavy atom. The van der Waals surface area contributed by atoms with Crippen molar-refractivity contribution in [2.45, 2.75) is 0 Å². The van der Waals surface area contributed by atoms with Gasteiger partial charge in [-0.2, -0.15) is 0 Å². The Kier molecular flexibility index (Phi) is 2.58. The van der Waals surface area contributed by atoms with Gasteiger partial charge in [-0.15, -0.1) is 0 Å². The zero-order valence-electron chi connectivity index (χ0n) is 8.08. The fraction of sp³-hybridized carbons (Fsp3) is 0. The van der Waals surface area contributed by atoms with E-state index in [1.807, 2.05) is 0 Å². The van der Waals surface area contributed by atoms with E-state index in [9.17, 15) is 18.0 Å². The average Bonchev–Trinajstić information content (AvgIpc) is 2.75. The lowest BCUT2D eigenvalue weighted by molar-refractivity contribution is 0.0691. The largest absolute Gasteiger partial charge is 0.476 e. The van der Waals surface area contributed by atoms with Crippen LogP contribution in [0, 0.1) is 17.5 Å². The van der Waals surface area contributed by atoms with E-state index in [-0.39, 0.29) is 0 Å². The molecule has 1 aromatic carbocycles. The molecule has 0 fully saturated rings. The molecule has 1 N–H and O–H groups in total. The van der Waals surface area contributed by atoms with E-state index in [1.54, 1.807) is 0 Å². The van der Waals surface area contributed by atoms with Gasteiger partial charge in [0.1, 0.15) is 0 Å². The minimum atomic E-state index is -1.70.